The first-order valence-corrected chi connectivity index (χ1v) is 11.6. The van der Waals surface area contributed by atoms with E-state index in [4.69, 9.17) is 4.74 Å². The smallest absolute Gasteiger partial charge is 0.308 e. The van der Waals surface area contributed by atoms with Crippen LogP contribution in [0.3, 0.4) is 0 Å². The number of carbonyl (C=O) groups is 1. The zero-order chi connectivity index (χ0) is 18.6. The van der Waals surface area contributed by atoms with Crippen LogP contribution in [0.4, 0.5) is 0 Å². The molecule has 0 radical (unpaired) electrons. The molecule has 2 fully saturated rings. The SMILES string of the molecule is CCCCCC1CCC(CC/C=C/C2CCC(C(=O)OCC)CC2)CC1. The van der Waals surface area contributed by atoms with Gasteiger partial charge in [0.05, 0.1) is 12.5 Å². The van der Waals surface area contributed by atoms with Crippen LogP contribution >= 0.6 is 0 Å². The van der Waals surface area contributed by atoms with Crippen molar-refractivity contribution in [2.24, 2.45) is 23.7 Å². The molecule has 2 saturated carbocycles. The molecule has 26 heavy (non-hydrogen) atoms. The van der Waals surface area contributed by atoms with Gasteiger partial charge in [-0.1, -0.05) is 70.4 Å². The van der Waals surface area contributed by atoms with Gasteiger partial charge in [0.2, 0.25) is 0 Å². The van der Waals surface area contributed by atoms with Crippen LogP contribution in [0.15, 0.2) is 12.2 Å². The van der Waals surface area contributed by atoms with Gasteiger partial charge in [0.1, 0.15) is 0 Å². The largest absolute Gasteiger partial charge is 0.466 e. The van der Waals surface area contributed by atoms with E-state index in [0.717, 1.165) is 37.5 Å². The lowest BCUT2D eigenvalue weighted by atomic mass is 9.78. The summed E-state index contributed by atoms with van der Waals surface area (Å²) in [5.41, 5.74) is 0. The van der Waals surface area contributed by atoms with Gasteiger partial charge in [-0.05, 0) is 63.2 Å². The summed E-state index contributed by atoms with van der Waals surface area (Å²) >= 11 is 0. The van der Waals surface area contributed by atoms with Gasteiger partial charge in [-0.3, -0.25) is 4.79 Å². The minimum absolute atomic E-state index is 0.0280. The third-order valence-corrected chi connectivity index (χ3v) is 6.72. The summed E-state index contributed by atoms with van der Waals surface area (Å²) < 4.78 is 5.16. The van der Waals surface area contributed by atoms with Crippen LogP contribution in [0, 0.1) is 23.7 Å². The van der Waals surface area contributed by atoms with E-state index < -0.39 is 0 Å². The summed E-state index contributed by atoms with van der Waals surface area (Å²) in [7, 11) is 0. The van der Waals surface area contributed by atoms with Crippen molar-refractivity contribution >= 4 is 5.97 Å². The maximum atomic E-state index is 11.8. The first-order valence-electron chi connectivity index (χ1n) is 11.6. The molecule has 0 bridgehead atoms. The van der Waals surface area contributed by atoms with E-state index in [1.54, 1.807) is 0 Å². The van der Waals surface area contributed by atoms with Crippen molar-refractivity contribution in [1.82, 2.24) is 0 Å². The minimum atomic E-state index is 0.0280. The van der Waals surface area contributed by atoms with Crippen molar-refractivity contribution in [3.8, 4) is 0 Å². The van der Waals surface area contributed by atoms with E-state index in [9.17, 15) is 4.79 Å². The number of rotatable bonds is 10. The standard InChI is InChI=1S/C24H42O2/c1-3-5-6-9-20-12-14-21(15-13-20)10-7-8-11-22-16-18-23(19-17-22)24(25)26-4-2/h8,11,20-23H,3-7,9-10,12-19H2,1-2H3/b11-8+. The maximum Gasteiger partial charge on any atom is 0.308 e. The van der Waals surface area contributed by atoms with Gasteiger partial charge < -0.3 is 4.74 Å². The number of hydrogen-bond donors (Lipinski definition) is 0. The Kier molecular flexibility index (Phi) is 10.4. The molecule has 2 heteroatoms. The van der Waals surface area contributed by atoms with Gasteiger partial charge in [-0.2, -0.15) is 0 Å². The highest BCUT2D eigenvalue weighted by Crippen LogP contribution is 2.35. The average molecular weight is 363 g/mol. The molecule has 0 unspecified atom stereocenters. The summed E-state index contributed by atoms with van der Waals surface area (Å²) in [5.74, 6) is 2.88. The van der Waals surface area contributed by atoms with Crippen LogP contribution in [-0.4, -0.2) is 12.6 Å². The molecule has 2 rings (SSSR count). The van der Waals surface area contributed by atoms with E-state index in [1.165, 1.54) is 64.2 Å². The first kappa shape index (κ1) is 21.5. The average Bonchev–Trinajstić information content (AvgIpc) is 2.67. The minimum Gasteiger partial charge on any atom is -0.466 e. The molecule has 0 spiro atoms. The van der Waals surface area contributed by atoms with Crippen LogP contribution in [-0.2, 0) is 9.53 Å². The van der Waals surface area contributed by atoms with E-state index in [2.05, 4.69) is 19.1 Å². The van der Waals surface area contributed by atoms with Crippen LogP contribution in [0.2, 0.25) is 0 Å². The van der Waals surface area contributed by atoms with Gasteiger partial charge in [0.15, 0.2) is 0 Å². The van der Waals surface area contributed by atoms with Crippen molar-refractivity contribution in [3.05, 3.63) is 12.2 Å². The van der Waals surface area contributed by atoms with Gasteiger partial charge in [-0.25, -0.2) is 0 Å². The second-order valence-electron chi connectivity index (χ2n) is 8.75. The monoisotopic (exact) mass is 362 g/mol. The van der Waals surface area contributed by atoms with Crippen LogP contribution < -0.4 is 0 Å². The molecule has 0 aromatic carbocycles. The Morgan fingerprint density at radius 1 is 0.885 bits per heavy atom. The molecule has 2 aliphatic carbocycles. The highest BCUT2D eigenvalue weighted by atomic mass is 16.5. The Labute approximate surface area is 162 Å². The van der Waals surface area contributed by atoms with E-state index >= 15 is 0 Å². The van der Waals surface area contributed by atoms with E-state index in [0.29, 0.717) is 12.5 Å². The van der Waals surface area contributed by atoms with Gasteiger partial charge >= 0.3 is 5.97 Å². The highest BCUT2D eigenvalue weighted by molar-refractivity contribution is 5.72. The van der Waals surface area contributed by atoms with Crippen LogP contribution in [0.1, 0.15) is 104 Å². The fourth-order valence-electron chi connectivity index (χ4n) is 4.92. The predicted molar refractivity (Wildman–Crippen MR) is 110 cm³/mol. The molecule has 2 aliphatic rings. The molecule has 150 valence electrons. The molecule has 0 saturated heterocycles. The summed E-state index contributed by atoms with van der Waals surface area (Å²) in [5, 5.41) is 0. The van der Waals surface area contributed by atoms with E-state index in [1.807, 2.05) is 6.92 Å². The molecular weight excluding hydrogens is 320 g/mol. The zero-order valence-electron chi connectivity index (χ0n) is 17.4. The second kappa shape index (κ2) is 12.6. The fraction of sp³-hybridized carbons (Fsp3) is 0.875. The van der Waals surface area contributed by atoms with Gasteiger partial charge in [-0.15, -0.1) is 0 Å². The summed E-state index contributed by atoms with van der Waals surface area (Å²) in [6.07, 6.45) is 23.5. The fourth-order valence-corrected chi connectivity index (χ4v) is 4.92. The number of hydrogen-bond acceptors (Lipinski definition) is 2. The summed E-state index contributed by atoms with van der Waals surface area (Å²) in [6, 6.07) is 0. The topological polar surface area (TPSA) is 26.3 Å². The number of esters is 1. The molecule has 0 aromatic heterocycles. The molecule has 0 aliphatic heterocycles. The predicted octanol–water partition coefficient (Wildman–Crippen LogP) is 7.08. The quantitative estimate of drug-likeness (QED) is 0.236. The van der Waals surface area contributed by atoms with Crippen molar-refractivity contribution in [2.45, 2.75) is 104 Å². The van der Waals surface area contributed by atoms with Crippen molar-refractivity contribution in [1.29, 1.82) is 0 Å². The molecule has 0 heterocycles. The summed E-state index contributed by atoms with van der Waals surface area (Å²) in [6.45, 7) is 4.71. The molecule has 0 N–H and O–H groups in total. The van der Waals surface area contributed by atoms with Crippen LogP contribution in [0.25, 0.3) is 0 Å². The first-order chi connectivity index (χ1) is 12.7. The van der Waals surface area contributed by atoms with E-state index in [-0.39, 0.29) is 11.9 Å². The Morgan fingerprint density at radius 2 is 1.54 bits per heavy atom. The number of unbranched alkanes of at least 4 members (excludes halogenated alkanes) is 2. The van der Waals surface area contributed by atoms with Gasteiger partial charge in [0, 0.05) is 0 Å². The third kappa shape index (κ3) is 7.84. The zero-order valence-corrected chi connectivity index (χ0v) is 17.4. The lowest BCUT2D eigenvalue weighted by Crippen LogP contribution is -2.23. The Bertz CT molecular complexity index is 398. The molecule has 0 atom stereocenters. The maximum absolute atomic E-state index is 11.8. The molecule has 0 aromatic rings. The number of ether oxygens (including phenoxy) is 1. The highest BCUT2D eigenvalue weighted by Gasteiger charge is 2.26. The lowest BCUT2D eigenvalue weighted by Gasteiger charge is -2.28. The molecule has 2 nitrogen and oxygen atoms in total. The van der Waals surface area contributed by atoms with Crippen LogP contribution in [0.5, 0.6) is 0 Å². The number of carbonyl (C=O) groups excluding carboxylic acids is 1. The second-order valence-corrected chi connectivity index (χ2v) is 8.75. The Hall–Kier alpha value is -0.790. The third-order valence-electron chi connectivity index (χ3n) is 6.72. The van der Waals surface area contributed by atoms with Gasteiger partial charge in [0.25, 0.3) is 0 Å². The Balaban J connectivity index is 1.53. The molecule has 0 amide bonds. The number of allylic oxidation sites excluding steroid dienone is 2. The summed E-state index contributed by atoms with van der Waals surface area (Å²) in [4.78, 5) is 11.8. The normalized spacial score (nSPS) is 29.8. The van der Waals surface area contributed by atoms with Crippen molar-refractivity contribution in [3.63, 3.8) is 0 Å². The lowest BCUT2D eigenvalue weighted by molar-refractivity contribution is -0.149. The Morgan fingerprint density at radius 3 is 2.15 bits per heavy atom. The molecular formula is C24H42O2. The van der Waals surface area contributed by atoms with Crippen molar-refractivity contribution in [2.75, 3.05) is 6.61 Å². The van der Waals surface area contributed by atoms with Crippen molar-refractivity contribution < 1.29 is 9.53 Å².